The molecule has 0 atom stereocenters. The van der Waals surface area contributed by atoms with Gasteiger partial charge in [-0.15, -0.1) is 0 Å². The van der Waals surface area contributed by atoms with Crippen molar-refractivity contribution in [1.82, 2.24) is 15.1 Å². The Bertz CT molecular complexity index is 661. The maximum atomic E-state index is 11.7. The van der Waals surface area contributed by atoms with Crippen molar-refractivity contribution in [2.75, 3.05) is 14.1 Å². The third kappa shape index (κ3) is 2.23. The highest BCUT2D eigenvalue weighted by atomic mass is 16.2. The molecule has 90 valence electrons. The van der Waals surface area contributed by atoms with E-state index in [-0.39, 0.29) is 11.5 Å². The maximum absolute atomic E-state index is 11.7. The zero-order chi connectivity index (χ0) is 13.1. The van der Waals surface area contributed by atoms with Gasteiger partial charge in [0.25, 0.3) is 5.91 Å². The van der Waals surface area contributed by atoms with Crippen LogP contribution in [0, 0.1) is 11.3 Å². The van der Waals surface area contributed by atoms with Crippen molar-refractivity contribution in [2.24, 2.45) is 0 Å². The lowest BCUT2D eigenvalue weighted by Crippen LogP contribution is -2.22. The van der Waals surface area contributed by atoms with Gasteiger partial charge in [-0.05, 0) is 23.8 Å². The fraction of sp³-hybridized carbons (Fsp3) is 0.154. The third-order valence-corrected chi connectivity index (χ3v) is 2.53. The molecule has 2 rings (SSSR count). The van der Waals surface area contributed by atoms with Crippen LogP contribution in [-0.2, 0) is 4.79 Å². The molecule has 0 aliphatic rings. The molecule has 0 saturated carbocycles. The first kappa shape index (κ1) is 11.9. The molecule has 5 nitrogen and oxygen atoms in total. The van der Waals surface area contributed by atoms with Gasteiger partial charge in [-0.1, -0.05) is 6.07 Å². The van der Waals surface area contributed by atoms with Crippen LogP contribution >= 0.6 is 0 Å². The number of carbonyl (C=O) groups is 1. The number of aromatic amines is 1. The molecule has 1 amide bonds. The quantitative estimate of drug-likeness (QED) is 0.639. The summed E-state index contributed by atoms with van der Waals surface area (Å²) in [7, 11) is 3.24. The van der Waals surface area contributed by atoms with E-state index in [9.17, 15) is 4.79 Å². The van der Waals surface area contributed by atoms with Crippen molar-refractivity contribution in [3.05, 3.63) is 35.5 Å². The van der Waals surface area contributed by atoms with Gasteiger partial charge >= 0.3 is 0 Å². The summed E-state index contributed by atoms with van der Waals surface area (Å²) in [5, 5.41) is 16.7. The first-order chi connectivity index (χ1) is 8.61. The monoisotopic (exact) mass is 240 g/mol. The van der Waals surface area contributed by atoms with E-state index in [0.29, 0.717) is 0 Å². The number of carbonyl (C=O) groups excluding carboxylic acids is 1. The smallest absolute Gasteiger partial charge is 0.264 e. The van der Waals surface area contributed by atoms with E-state index >= 15 is 0 Å². The summed E-state index contributed by atoms with van der Waals surface area (Å²) < 4.78 is 0. The first-order valence-corrected chi connectivity index (χ1v) is 5.38. The predicted molar refractivity (Wildman–Crippen MR) is 68.4 cm³/mol. The molecule has 0 unspecified atom stereocenters. The van der Waals surface area contributed by atoms with Gasteiger partial charge in [0, 0.05) is 19.5 Å². The predicted octanol–water partition coefficient (Wildman–Crippen LogP) is 1.56. The molecular weight excluding hydrogens is 228 g/mol. The summed E-state index contributed by atoms with van der Waals surface area (Å²) in [6, 6.07) is 7.49. The highest BCUT2D eigenvalue weighted by Gasteiger charge is 2.10. The molecule has 0 radical (unpaired) electrons. The zero-order valence-corrected chi connectivity index (χ0v) is 10.1. The van der Waals surface area contributed by atoms with E-state index in [1.165, 1.54) is 4.90 Å². The molecule has 18 heavy (non-hydrogen) atoms. The van der Waals surface area contributed by atoms with Crippen LogP contribution in [0.2, 0.25) is 0 Å². The normalized spacial score (nSPS) is 11.3. The maximum Gasteiger partial charge on any atom is 0.264 e. The number of hydrogen-bond acceptors (Lipinski definition) is 3. The van der Waals surface area contributed by atoms with Gasteiger partial charge in [0.15, 0.2) is 0 Å². The van der Waals surface area contributed by atoms with Crippen LogP contribution in [0.25, 0.3) is 17.0 Å². The minimum atomic E-state index is -0.301. The number of likely N-dealkylation sites (N-methyl/N-ethyl adjacent to an activating group) is 1. The Kier molecular flexibility index (Phi) is 3.11. The number of aromatic nitrogens is 2. The lowest BCUT2D eigenvalue weighted by atomic mass is 10.1. The lowest BCUT2D eigenvalue weighted by molar-refractivity contribution is -0.124. The van der Waals surface area contributed by atoms with Crippen LogP contribution < -0.4 is 0 Å². The lowest BCUT2D eigenvalue weighted by Gasteiger charge is -2.08. The summed E-state index contributed by atoms with van der Waals surface area (Å²) in [6.07, 6.45) is 3.28. The summed E-state index contributed by atoms with van der Waals surface area (Å²) in [5.74, 6) is -0.301. The fourth-order valence-electron chi connectivity index (χ4n) is 1.60. The van der Waals surface area contributed by atoms with Gasteiger partial charge in [-0.2, -0.15) is 10.4 Å². The Morgan fingerprint density at radius 3 is 2.94 bits per heavy atom. The second-order valence-corrected chi connectivity index (χ2v) is 4.09. The van der Waals surface area contributed by atoms with Crippen molar-refractivity contribution in [3.8, 4) is 6.07 Å². The Balaban J connectivity index is 2.41. The molecule has 0 saturated heterocycles. The van der Waals surface area contributed by atoms with Crippen LogP contribution in [0.1, 0.15) is 5.56 Å². The molecule has 0 bridgehead atoms. The van der Waals surface area contributed by atoms with E-state index in [4.69, 9.17) is 5.26 Å². The van der Waals surface area contributed by atoms with Crippen LogP contribution in [0.5, 0.6) is 0 Å². The minimum Gasteiger partial charge on any atom is -0.344 e. The van der Waals surface area contributed by atoms with E-state index in [2.05, 4.69) is 10.2 Å². The number of nitriles is 1. The van der Waals surface area contributed by atoms with Gasteiger partial charge in [0.1, 0.15) is 11.6 Å². The number of rotatable bonds is 2. The molecule has 0 fully saturated rings. The van der Waals surface area contributed by atoms with Gasteiger partial charge in [0.2, 0.25) is 0 Å². The van der Waals surface area contributed by atoms with E-state index < -0.39 is 0 Å². The molecule has 1 aromatic carbocycles. The van der Waals surface area contributed by atoms with E-state index in [0.717, 1.165) is 16.5 Å². The summed E-state index contributed by atoms with van der Waals surface area (Å²) in [6.45, 7) is 0. The highest BCUT2D eigenvalue weighted by molar-refractivity contribution is 6.01. The van der Waals surface area contributed by atoms with Crippen LogP contribution in [0.15, 0.2) is 30.0 Å². The topological polar surface area (TPSA) is 72.8 Å². The summed E-state index contributed by atoms with van der Waals surface area (Å²) in [5.41, 5.74) is 1.84. The van der Waals surface area contributed by atoms with Gasteiger partial charge in [0.05, 0.1) is 11.7 Å². The molecular formula is C13H12N4O. The number of amides is 1. The van der Waals surface area contributed by atoms with Crippen LogP contribution in [-0.4, -0.2) is 35.1 Å². The van der Waals surface area contributed by atoms with Crippen LogP contribution in [0.3, 0.4) is 0 Å². The Morgan fingerprint density at radius 1 is 1.50 bits per heavy atom. The van der Waals surface area contributed by atoms with Crippen LogP contribution in [0.4, 0.5) is 0 Å². The average molecular weight is 240 g/mol. The molecule has 0 spiro atoms. The molecule has 1 aromatic heterocycles. The fourth-order valence-corrected chi connectivity index (χ4v) is 1.60. The minimum absolute atomic E-state index is 0.114. The number of nitrogens with zero attached hydrogens (tertiary/aromatic N) is 3. The van der Waals surface area contributed by atoms with Crippen molar-refractivity contribution in [1.29, 1.82) is 5.26 Å². The van der Waals surface area contributed by atoms with Gasteiger partial charge in [-0.3, -0.25) is 9.89 Å². The number of fused-ring (bicyclic) bond motifs is 1. The standard InChI is InChI=1S/C13H12N4O/c1-17(2)13(18)10(7-14)5-9-3-4-12-11(6-9)8-15-16-12/h3-6,8H,1-2H3,(H,15,16)/b10-5-. The molecule has 5 heteroatoms. The number of H-pyrrole nitrogens is 1. The molecule has 0 aliphatic carbocycles. The molecule has 0 aliphatic heterocycles. The van der Waals surface area contributed by atoms with Gasteiger partial charge < -0.3 is 4.90 Å². The number of benzene rings is 1. The third-order valence-electron chi connectivity index (χ3n) is 2.53. The SMILES string of the molecule is CN(C)C(=O)/C(C#N)=C\c1ccc2[nH]ncc2c1. The second-order valence-electron chi connectivity index (χ2n) is 4.09. The Morgan fingerprint density at radius 2 is 2.28 bits per heavy atom. The average Bonchev–Trinajstić information content (AvgIpc) is 2.82. The highest BCUT2D eigenvalue weighted by Crippen LogP contribution is 2.15. The van der Waals surface area contributed by atoms with Crippen molar-refractivity contribution in [2.45, 2.75) is 0 Å². The molecule has 2 aromatic rings. The number of nitrogens with one attached hydrogen (secondary N) is 1. The van der Waals surface area contributed by atoms with Crippen molar-refractivity contribution < 1.29 is 4.79 Å². The largest absolute Gasteiger partial charge is 0.344 e. The van der Waals surface area contributed by atoms with E-state index in [1.807, 2.05) is 24.3 Å². The number of hydrogen-bond donors (Lipinski definition) is 1. The Labute approximate surface area is 104 Å². The van der Waals surface area contributed by atoms with Gasteiger partial charge in [-0.25, -0.2) is 0 Å². The second kappa shape index (κ2) is 4.72. The summed E-state index contributed by atoms with van der Waals surface area (Å²) in [4.78, 5) is 13.1. The van der Waals surface area contributed by atoms with E-state index in [1.54, 1.807) is 26.4 Å². The Hall–Kier alpha value is -2.61. The first-order valence-electron chi connectivity index (χ1n) is 5.38. The zero-order valence-electron chi connectivity index (χ0n) is 10.1. The van der Waals surface area contributed by atoms with Crippen molar-refractivity contribution in [3.63, 3.8) is 0 Å². The molecule has 1 N–H and O–H groups in total. The summed E-state index contributed by atoms with van der Waals surface area (Å²) >= 11 is 0. The van der Waals surface area contributed by atoms with Crippen molar-refractivity contribution >= 4 is 22.9 Å². The molecule has 1 heterocycles.